The zero-order chi connectivity index (χ0) is 15.6. The summed E-state index contributed by atoms with van der Waals surface area (Å²) in [5.74, 6) is -0.0866. The standard InChI is InChI=1S/C14H18N4OS2/c1-7-6-8(2)16-13(15-7)21-11(5)12(19)18-14-17-9(3)10(4)20-14/h6,11H,1-5H3,(H,17,18,19)/t11-/m0/s1. The molecule has 2 aromatic heterocycles. The van der Waals surface area contributed by atoms with Crippen molar-refractivity contribution in [3.8, 4) is 0 Å². The minimum absolute atomic E-state index is 0.0866. The Balaban J connectivity index is 2.02. The molecule has 0 spiro atoms. The van der Waals surface area contributed by atoms with Crippen LogP contribution in [0, 0.1) is 27.7 Å². The van der Waals surface area contributed by atoms with E-state index in [4.69, 9.17) is 0 Å². The van der Waals surface area contributed by atoms with Crippen molar-refractivity contribution in [1.82, 2.24) is 15.0 Å². The van der Waals surface area contributed by atoms with Gasteiger partial charge >= 0.3 is 0 Å². The van der Waals surface area contributed by atoms with Crippen molar-refractivity contribution in [2.45, 2.75) is 45.0 Å². The van der Waals surface area contributed by atoms with Crippen molar-refractivity contribution < 1.29 is 4.79 Å². The molecule has 0 aliphatic heterocycles. The zero-order valence-electron chi connectivity index (χ0n) is 12.7. The molecule has 1 N–H and O–H groups in total. The number of thioether (sulfide) groups is 1. The van der Waals surface area contributed by atoms with Gasteiger partial charge in [0.25, 0.3) is 0 Å². The quantitative estimate of drug-likeness (QED) is 0.691. The first-order valence-electron chi connectivity index (χ1n) is 6.59. The molecule has 2 heterocycles. The average Bonchev–Trinajstić information content (AvgIpc) is 2.66. The first-order valence-corrected chi connectivity index (χ1v) is 8.28. The van der Waals surface area contributed by atoms with E-state index >= 15 is 0 Å². The molecule has 0 aliphatic rings. The second-order valence-electron chi connectivity index (χ2n) is 4.84. The van der Waals surface area contributed by atoms with Gasteiger partial charge in [0.2, 0.25) is 5.91 Å². The summed E-state index contributed by atoms with van der Waals surface area (Å²) in [6.07, 6.45) is 0. The van der Waals surface area contributed by atoms with Crippen molar-refractivity contribution in [1.29, 1.82) is 0 Å². The van der Waals surface area contributed by atoms with Crippen LogP contribution in [0.1, 0.15) is 28.9 Å². The molecular formula is C14H18N4OS2. The van der Waals surface area contributed by atoms with Gasteiger partial charge in [0.05, 0.1) is 10.9 Å². The molecule has 2 aromatic rings. The molecule has 112 valence electrons. The van der Waals surface area contributed by atoms with Crippen LogP contribution in [0.15, 0.2) is 11.2 Å². The lowest BCUT2D eigenvalue weighted by atomic mass is 10.4. The lowest BCUT2D eigenvalue weighted by molar-refractivity contribution is -0.115. The van der Waals surface area contributed by atoms with Gasteiger partial charge in [-0.2, -0.15) is 0 Å². The summed E-state index contributed by atoms with van der Waals surface area (Å²) in [6.45, 7) is 9.61. The Hall–Kier alpha value is -1.47. The van der Waals surface area contributed by atoms with E-state index < -0.39 is 0 Å². The molecule has 5 nitrogen and oxygen atoms in total. The lowest BCUT2D eigenvalue weighted by Gasteiger charge is -2.10. The summed E-state index contributed by atoms with van der Waals surface area (Å²) in [4.78, 5) is 26.3. The number of carbonyl (C=O) groups excluding carboxylic acids is 1. The SMILES string of the molecule is Cc1cc(C)nc(S[C@@H](C)C(=O)Nc2nc(C)c(C)s2)n1. The highest BCUT2D eigenvalue weighted by atomic mass is 32.2. The van der Waals surface area contributed by atoms with Crippen LogP contribution in [-0.2, 0) is 4.79 Å². The van der Waals surface area contributed by atoms with E-state index in [9.17, 15) is 4.79 Å². The molecule has 0 saturated carbocycles. The third kappa shape index (κ3) is 4.25. The second kappa shape index (κ2) is 6.53. The van der Waals surface area contributed by atoms with Crippen molar-refractivity contribution in [2.24, 2.45) is 0 Å². The van der Waals surface area contributed by atoms with E-state index in [1.165, 1.54) is 23.1 Å². The number of carbonyl (C=O) groups is 1. The minimum Gasteiger partial charge on any atom is -0.301 e. The molecule has 0 saturated heterocycles. The summed E-state index contributed by atoms with van der Waals surface area (Å²) in [7, 11) is 0. The van der Waals surface area contributed by atoms with E-state index in [2.05, 4.69) is 20.3 Å². The number of rotatable bonds is 4. The van der Waals surface area contributed by atoms with Crippen LogP contribution in [0.4, 0.5) is 5.13 Å². The van der Waals surface area contributed by atoms with Gasteiger partial charge in [-0.1, -0.05) is 11.8 Å². The Morgan fingerprint density at radius 2 is 1.81 bits per heavy atom. The van der Waals surface area contributed by atoms with Gasteiger partial charge in [0, 0.05) is 16.3 Å². The summed E-state index contributed by atoms with van der Waals surface area (Å²) in [5.41, 5.74) is 2.76. The number of amides is 1. The normalized spacial score (nSPS) is 12.2. The molecule has 1 amide bonds. The molecule has 0 fully saturated rings. The maximum atomic E-state index is 12.2. The number of anilines is 1. The Labute approximate surface area is 132 Å². The Morgan fingerprint density at radius 1 is 1.19 bits per heavy atom. The second-order valence-corrected chi connectivity index (χ2v) is 7.35. The van der Waals surface area contributed by atoms with E-state index in [1.807, 2.05) is 40.7 Å². The predicted octanol–water partition coefficient (Wildman–Crippen LogP) is 3.29. The van der Waals surface area contributed by atoms with Gasteiger partial charge in [-0.05, 0) is 40.7 Å². The summed E-state index contributed by atoms with van der Waals surface area (Å²) < 4.78 is 0. The number of aryl methyl sites for hydroxylation is 4. The summed E-state index contributed by atoms with van der Waals surface area (Å²) in [6, 6.07) is 1.91. The predicted molar refractivity (Wildman–Crippen MR) is 87.0 cm³/mol. The van der Waals surface area contributed by atoms with Crippen molar-refractivity contribution >= 4 is 34.1 Å². The average molecular weight is 322 g/mol. The van der Waals surface area contributed by atoms with Crippen LogP contribution >= 0.6 is 23.1 Å². The van der Waals surface area contributed by atoms with Crippen molar-refractivity contribution in [3.05, 3.63) is 28.0 Å². The molecular weight excluding hydrogens is 304 g/mol. The monoisotopic (exact) mass is 322 g/mol. The Kier molecular flexibility index (Phi) is 4.95. The molecule has 2 rings (SSSR count). The van der Waals surface area contributed by atoms with E-state index in [1.54, 1.807) is 0 Å². The van der Waals surface area contributed by atoms with Gasteiger partial charge < -0.3 is 5.32 Å². The molecule has 0 unspecified atom stereocenters. The van der Waals surface area contributed by atoms with Crippen LogP contribution in [0.5, 0.6) is 0 Å². The smallest absolute Gasteiger partial charge is 0.239 e. The third-order valence-electron chi connectivity index (χ3n) is 2.87. The number of nitrogens with zero attached hydrogens (tertiary/aromatic N) is 3. The first-order chi connectivity index (χ1) is 9.85. The molecule has 0 aromatic carbocycles. The summed E-state index contributed by atoms with van der Waals surface area (Å²) in [5, 5.41) is 3.83. The fourth-order valence-corrected chi connectivity index (χ4v) is 3.38. The van der Waals surface area contributed by atoms with Crippen LogP contribution < -0.4 is 5.32 Å². The van der Waals surface area contributed by atoms with Crippen LogP contribution in [-0.4, -0.2) is 26.1 Å². The number of thiazole rings is 1. The first kappa shape index (κ1) is 15.9. The van der Waals surface area contributed by atoms with Gasteiger partial charge in [-0.3, -0.25) is 4.79 Å². The van der Waals surface area contributed by atoms with Gasteiger partial charge in [-0.25, -0.2) is 15.0 Å². The molecule has 1 atom stereocenters. The number of hydrogen-bond donors (Lipinski definition) is 1. The summed E-state index contributed by atoms with van der Waals surface area (Å²) >= 11 is 2.84. The number of hydrogen-bond acceptors (Lipinski definition) is 6. The highest BCUT2D eigenvalue weighted by Gasteiger charge is 2.18. The van der Waals surface area contributed by atoms with Crippen molar-refractivity contribution in [2.75, 3.05) is 5.32 Å². The van der Waals surface area contributed by atoms with Gasteiger partial charge in [0.15, 0.2) is 10.3 Å². The fraction of sp³-hybridized carbons (Fsp3) is 0.429. The minimum atomic E-state index is -0.282. The maximum absolute atomic E-state index is 12.2. The zero-order valence-corrected chi connectivity index (χ0v) is 14.4. The largest absolute Gasteiger partial charge is 0.301 e. The number of aromatic nitrogens is 3. The topological polar surface area (TPSA) is 67.8 Å². The van der Waals surface area contributed by atoms with Crippen LogP contribution in [0.25, 0.3) is 0 Å². The maximum Gasteiger partial charge on any atom is 0.239 e. The van der Waals surface area contributed by atoms with Crippen LogP contribution in [0.2, 0.25) is 0 Å². The Bertz CT molecular complexity index is 629. The molecule has 0 aliphatic carbocycles. The van der Waals surface area contributed by atoms with E-state index in [0.29, 0.717) is 10.3 Å². The van der Waals surface area contributed by atoms with E-state index in [-0.39, 0.29) is 11.2 Å². The van der Waals surface area contributed by atoms with Gasteiger partial charge in [-0.15, -0.1) is 11.3 Å². The lowest BCUT2D eigenvalue weighted by Crippen LogP contribution is -2.22. The van der Waals surface area contributed by atoms with Crippen LogP contribution in [0.3, 0.4) is 0 Å². The van der Waals surface area contributed by atoms with Gasteiger partial charge in [0.1, 0.15) is 0 Å². The highest BCUT2D eigenvalue weighted by molar-refractivity contribution is 8.00. The molecule has 0 radical (unpaired) electrons. The fourth-order valence-electron chi connectivity index (χ4n) is 1.69. The number of nitrogens with one attached hydrogen (secondary N) is 1. The molecule has 0 bridgehead atoms. The van der Waals surface area contributed by atoms with E-state index in [0.717, 1.165) is 22.0 Å². The third-order valence-corrected chi connectivity index (χ3v) is 4.82. The highest BCUT2D eigenvalue weighted by Crippen LogP contribution is 2.24. The Morgan fingerprint density at radius 3 is 2.33 bits per heavy atom. The van der Waals surface area contributed by atoms with Crippen molar-refractivity contribution in [3.63, 3.8) is 0 Å². The molecule has 21 heavy (non-hydrogen) atoms. The molecule has 7 heteroatoms.